The third-order valence-corrected chi connectivity index (χ3v) is 4.76. The fourth-order valence-corrected chi connectivity index (χ4v) is 3.26. The molecule has 0 amide bonds. The van der Waals surface area contributed by atoms with Crippen LogP contribution in [0.15, 0.2) is 24.3 Å². The quantitative estimate of drug-likeness (QED) is 0.840. The van der Waals surface area contributed by atoms with Crippen LogP contribution < -0.4 is 5.73 Å². The Kier molecular flexibility index (Phi) is 5.00. The monoisotopic (exact) mass is 260 g/mol. The van der Waals surface area contributed by atoms with Crippen molar-refractivity contribution in [2.45, 2.75) is 57.5 Å². The van der Waals surface area contributed by atoms with Gasteiger partial charge in [-0.15, -0.1) is 0 Å². The van der Waals surface area contributed by atoms with E-state index in [1.807, 2.05) is 0 Å². The summed E-state index contributed by atoms with van der Waals surface area (Å²) in [5.74, 6) is 0. The smallest absolute Gasteiger partial charge is 0.0332 e. The highest BCUT2D eigenvalue weighted by atomic mass is 15.2. The van der Waals surface area contributed by atoms with E-state index in [0.29, 0.717) is 0 Å². The molecule has 0 spiro atoms. The molecule has 2 nitrogen and oxygen atoms in total. The second-order valence-electron chi connectivity index (χ2n) is 6.18. The van der Waals surface area contributed by atoms with Crippen LogP contribution in [0.4, 0.5) is 0 Å². The Hall–Kier alpha value is -0.860. The van der Waals surface area contributed by atoms with Crippen molar-refractivity contribution in [3.63, 3.8) is 0 Å². The Labute approximate surface area is 118 Å². The number of rotatable bonds is 4. The lowest BCUT2D eigenvalue weighted by Gasteiger charge is -2.41. The van der Waals surface area contributed by atoms with Crippen molar-refractivity contribution < 1.29 is 0 Å². The molecule has 0 unspecified atom stereocenters. The lowest BCUT2D eigenvalue weighted by Crippen LogP contribution is -2.51. The average Bonchev–Trinajstić information content (AvgIpc) is 2.67. The summed E-state index contributed by atoms with van der Waals surface area (Å²) in [5.41, 5.74) is 9.09. The molecule has 0 saturated heterocycles. The summed E-state index contributed by atoms with van der Waals surface area (Å²) in [6, 6.07) is 8.89. The number of nitrogens with zero attached hydrogens (tertiary/aromatic N) is 1. The van der Waals surface area contributed by atoms with Gasteiger partial charge in [-0.25, -0.2) is 0 Å². The van der Waals surface area contributed by atoms with Crippen molar-refractivity contribution >= 4 is 0 Å². The van der Waals surface area contributed by atoms with Crippen molar-refractivity contribution in [2.75, 3.05) is 13.6 Å². The van der Waals surface area contributed by atoms with Crippen LogP contribution in [0.1, 0.15) is 49.7 Å². The minimum absolute atomic E-state index is 0.224. The molecular weight excluding hydrogens is 232 g/mol. The summed E-state index contributed by atoms with van der Waals surface area (Å²) < 4.78 is 0. The van der Waals surface area contributed by atoms with Gasteiger partial charge >= 0.3 is 0 Å². The van der Waals surface area contributed by atoms with Gasteiger partial charge < -0.3 is 5.73 Å². The zero-order chi connectivity index (χ0) is 13.7. The van der Waals surface area contributed by atoms with E-state index in [1.165, 1.54) is 49.7 Å². The van der Waals surface area contributed by atoms with Crippen LogP contribution in [0, 0.1) is 6.92 Å². The summed E-state index contributed by atoms with van der Waals surface area (Å²) in [5, 5.41) is 0. The van der Waals surface area contributed by atoms with E-state index in [1.54, 1.807) is 0 Å². The Morgan fingerprint density at radius 2 is 1.63 bits per heavy atom. The second kappa shape index (κ2) is 6.53. The average molecular weight is 260 g/mol. The molecule has 1 aliphatic rings. The molecule has 1 saturated carbocycles. The zero-order valence-electron chi connectivity index (χ0n) is 12.5. The summed E-state index contributed by atoms with van der Waals surface area (Å²) in [6.07, 6.45) is 7.92. The Bertz CT molecular complexity index is 375. The summed E-state index contributed by atoms with van der Waals surface area (Å²) >= 11 is 0. The van der Waals surface area contributed by atoms with Crippen LogP contribution in [0.25, 0.3) is 0 Å². The normalized spacial score (nSPS) is 19.4. The molecule has 19 heavy (non-hydrogen) atoms. The molecule has 1 aromatic rings. The van der Waals surface area contributed by atoms with Crippen LogP contribution in [0.2, 0.25) is 0 Å². The van der Waals surface area contributed by atoms with Crippen molar-refractivity contribution in [3.05, 3.63) is 35.4 Å². The van der Waals surface area contributed by atoms with Crippen LogP contribution in [0.5, 0.6) is 0 Å². The lowest BCUT2D eigenvalue weighted by molar-refractivity contribution is 0.0997. The maximum Gasteiger partial charge on any atom is 0.0332 e. The Morgan fingerprint density at radius 3 is 2.16 bits per heavy atom. The van der Waals surface area contributed by atoms with E-state index < -0.39 is 0 Å². The van der Waals surface area contributed by atoms with Crippen molar-refractivity contribution in [3.8, 4) is 0 Å². The van der Waals surface area contributed by atoms with Crippen LogP contribution in [0.3, 0.4) is 0 Å². The van der Waals surface area contributed by atoms with Crippen molar-refractivity contribution in [1.82, 2.24) is 4.90 Å². The number of benzene rings is 1. The summed E-state index contributed by atoms with van der Waals surface area (Å²) in [6.45, 7) is 3.94. The van der Waals surface area contributed by atoms with E-state index in [2.05, 4.69) is 43.1 Å². The summed E-state index contributed by atoms with van der Waals surface area (Å²) in [4.78, 5) is 2.50. The topological polar surface area (TPSA) is 29.3 Å². The highest BCUT2D eigenvalue weighted by Gasteiger charge is 2.33. The predicted octanol–water partition coefficient (Wildman–Crippen LogP) is 3.48. The first-order valence-electron chi connectivity index (χ1n) is 7.63. The molecule has 2 rings (SSSR count). The number of nitrogens with two attached hydrogens (primary N) is 1. The van der Waals surface area contributed by atoms with E-state index in [0.717, 1.165) is 13.1 Å². The first-order chi connectivity index (χ1) is 9.16. The first kappa shape index (κ1) is 14.5. The number of hydrogen-bond acceptors (Lipinski definition) is 2. The molecule has 0 aliphatic heterocycles. The third-order valence-electron chi connectivity index (χ3n) is 4.76. The van der Waals surface area contributed by atoms with Gasteiger partial charge in [0.1, 0.15) is 0 Å². The van der Waals surface area contributed by atoms with E-state index in [9.17, 15) is 0 Å². The molecule has 0 atom stereocenters. The molecule has 0 heterocycles. The van der Waals surface area contributed by atoms with Gasteiger partial charge in [0.2, 0.25) is 0 Å². The molecule has 0 bridgehead atoms. The molecule has 0 aromatic heterocycles. The number of likely N-dealkylation sites (N-methyl/N-ethyl adjacent to an activating group) is 1. The highest BCUT2D eigenvalue weighted by molar-refractivity contribution is 5.21. The minimum Gasteiger partial charge on any atom is -0.329 e. The minimum atomic E-state index is 0.224. The molecule has 106 valence electrons. The van der Waals surface area contributed by atoms with Crippen molar-refractivity contribution in [1.29, 1.82) is 0 Å². The van der Waals surface area contributed by atoms with E-state index >= 15 is 0 Å². The first-order valence-corrected chi connectivity index (χ1v) is 7.63. The maximum absolute atomic E-state index is 6.14. The standard InChI is InChI=1S/C17H28N2/c1-15-7-9-16(10-8-15)13-19(2)17(14-18)11-5-3-4-6-12-17/h7-10H,3-6,11-14,18H2,1-2H3. The fourth-order valence-electron chi connectivity index (χ4n) is 3.26. The Morgan fingerprint density at radius 1 is 1.05 bits per heavy atom. The molecule has 1 aromatic carbocycles. The molecule has 2 N–H and O–H groups in total. The van der Waals surface area contributed by atoms with Gasteiger partial charge in [-0.2, -0.15) is 0 Å². The SMILES string of the molecule is Cc1ccc(CN(C)C2(CN)CCCCCC2)cc1. The maximum atomic E-state index is 6.14. The van der Waals surface area contributed by atoms with Gasteiger partial charge in [-0.1, -0.05) is 55.5 Å². The number of hydrogen-bond donors (Lipinski definition) is 1. The zero-order valence-corrected chi connectivity index (χ0v) is 12.5. The van der Waals surface area contributed by atoms with Gasteiger partial charge in [0, 0.05) is 18.6 Å². The molecule has 0 radical (unpaired) electrons. The molecular formula is C17H28N2. The van der Waals surface area contributed by atoms with Crippen molar-refractivity contribution in [2.24, 2.45) is 5.73 Å². The largest absolute Gasteiger partial charge is 0.329 e. The van der Waals surface area contributed by atoms with E-state index in [4.69, 9.17) is 5.73 Å². The Balaban J connectivity index is 2.07. The van der Waals surface area contributed by atoms with Crippen LogP contribution in [-0.4, -0.2) is 24.0 Å². The molecule has 1 fully saturated rings. The van der Waals surface area contributed by atoms with Crippen LogP contribution >= 0.6 is 0 Å². The van der Waals surface area contributed by atoms with Gasteiger partial charge in [-0.05, 0) is 32.4 Å². The molecule has 1 aliphatic carbocycles. The van der Waals surface area contributed by atoms with Gasteiger partial charge in [-0.3, -0.25) is 4.90 Å². The van der Waals surface area contributed by atoms with Crippen LogP contribution in [-0.2, 0) is 6.54 Å². The predicted molar refractivity (Wildman–Crippen MR) is 82.1 cm³/mol. The summed E-state index contributed by atoms with van der Waals surface area (Å²) in [7, 11) is 2.25. The second-order valence-corrected chi connectivity index (χ2v) is 6.18. The van der Waals surface area contributed by atoms with Gasteiger partial charge in [0.05, 0.1) is 0 Å². The van der Waals surface area contributed by atoms with Gasteiger partial charge in [0.15, 0.2) is 0 Å². The van der Waals surface area contributed by atoms with E-state index in [-0.39, 0.29) is 5.54 Å². The van der Waals surface area contributed by atoms with Gasteiger partial charge in [0.25, 0.3) is 0 Å². The lowest BCUT2D eigenvalue weighted by atomic mass is 9.88. The fraction of sp³-hybridized carbons (Fsp3) is 0.647. The third kappa shape index (κ3) is 3.58. The molecule has 2 heteroatoms. The number of aryl methyl sites for hydroxylation is 1. The highest BCUT2D eigenvalue weighted by Crippen LogP contribution is 2.31.